The first-order chi connectivity index (χ1) is 9.58. The molecule has 1 heterocycles. The summed E-state index contributed by atoms with van der Waals surface area (Å²) in [5.74, 6) is 0.703. The van der Waals surface area contributed by atoms with Crippen LogP contribution in [0.5, 0.6) is 0 Å². The minimum Gasteiger partial charge on any atom is -0.395 e. The molecule has 1 saturated heterocycles. The number of piperidine rings is 1. The molecule has 0 radical (unpaired) electrons. The Morgan fingerprint density at radius 1 is 1.55 bits per heavy atom. The highest BCUT2D eigenvalue weighted by atomic mass is 16.3. The lowest BCUT2D eigenvalue weighted by Gasteiger charge is -2.34. The first kappa shape index (κ1) is 17.1. The lowest BCUT2D eigenvalue weighted by Crippen LogP contribution is -2.46. The SMILES string of the molecule is C=CCNC(=O)C(C)N(C)CC1CCN(CCO)CC1. The molecule has 0 bridgehead atoms. The number of aliphatic hydroxyl groups excluding tert-OH is 1. The lowest BCUT2D eigenvalue weighted by molar-refractivity contribution is -0.125. The van der Waals surface area contributed by atoms with Crippen molar-refractivity contribution in [2.45, 2.75) is 25.8 Å². The molecule has 1 aliphatic rings. The third kappa shape index (κ3) is 5.61. The molecule has 1 aliphatic heterocycles. The van der Waals surface area contributed by atoms with Crippen LogP contribution in [-0.4, -0.2) is 73.2 Å². The summed E-state index contributed by atoms with van der Waals surface area (Å²) in [5.41, 5.74) is 0. The van der Waals surface area contributed by atoms with Gasteiger partial charge in [-0.1, -0.05) is 6.08 Å². The Balaban J connectivity index is 2.30. The summed E-state index contributed by atoms with van der Waals surface area (Å²) in [5, 5.41) is 11.8. The maximum absolute atomic E-state index is 11.9. The molecular weight excluding hydrogens is 254 g/mol. The molecule has 1 unspecified atom stereocenters. The zero-order chi connectivity index (χ0) is 15.0. The summed E-state index contributed by atoms with van der Waals surface area (Å²) in [4.78, 5) is 16.3. The van der Waals surface area contributed by atoms with Gasteiger partial charge in [-0.15, -0.1) is 6.58 Å². The number of amides is 1. The highest BCUT2D eigenvalue weighted by Crippen LogP contribution is 2.18. The van der Waals surface area contributed by atoms with Gasteiger partial charge in [0.2, 0.25) is 5.91 Å². The second kappa shape index (κ2) is 9.10. The molecular formula is C15H29N3O2. The molecule has 0 aliphatic carbocycles. The van der Waals surface area contributed by atoms with Crippen LogP contribution in [0.4, 0.5) is 0 Å². The van der Waals surface area contributed by atoms with Gasteiger partial charge in [-0.3, -0.25) is 9.69 Å². The molecule has 0 aromatic heterocycles. The standard InChI is InChI=1S/C15H29N3O2/c1-4-7-16-15(20)13(2)17(3)12-14-5-8-18(9-6-14)10-11-19/h4,13-14,19H,1,5-12H2,2-3H3,(H,16,20). The molecule has 116 valence electrons. The van der Waals surface area contributed by atoms with Gasteiger partial charge in [-0.25, -0.2) is 0 Å². The van der Waals surface area contributed by atoms with E-state index in [1.165, 1.54) is 0 Å². The van der Waals surface area contributed by atoms with E-state index in [0.29, 0.717) is 12.5 Å². The van der Waals surface area contributed by atoms with Crippen LogP contribution in [0.15, 0.2) is 12.7 Å². The van der Waals surface area contributed by atoms with Crippen molar-refractivity contribution in [2.24, 2.45) is 5.92 Å². The normalized spacial score (nSPS) is 19.0. The van der Waals surface area contributed by atoms with Crippen LogP contribution in [0, 0.1) is 5.92 Å². The van der Waals surface area contributed by atoms with Crippen molar-refractivity contribution < 1.29 is 9.90 Å². The van der Waals surface area contributed by atoms with Gasteiger partial charge in [0.05, 0.1) is 12.6 Å². The second-order valence-electron chi connectivity index (χ2n) is 5.66. The van der Waals surface area contributed by atoms with Crippen LogP contribution in [0.1, 0.15) is 19.8 Å². The zero-order valence-electron chi connectivity index (χ0n) is 12.8. The quantitative estimate of drug-likeness (QED) is 0.630. The van der Waals surface area contributed by atoms with Crippen LogP contribution < -0.4 is 5.32 Å². The summed E-state index contributed by atoms with van der Waals surface area (Å²) < 4.78 is 0. The Kier molecular flexibility index (Phi) is 7.80. The van der Waals surface area contributed by atoms with Crippen molar-refractivity contribution in [2.75, 3.05) is 46.4 Å². The van der Waals surface area contributed by atoms with E-state index in [1.54, 1.807) is 6.08 Å². The Bertz CT molecular complexity index is 301. The van der Waals surface area contributed by atoms with Gasteiger partial charge in [0.25, 0.3) is 0 Å². The van der Waals surface area contributed by atoms with E-state index in [2.05, 4.69) is 21.7 Å². The molecule has 1 fully saturated rings. The molecule has 0 aromatic carbocycles. The van der Waals surface area contributed by atoms with Gasteiger partial charge in [-0.05, 0) is 45.8 Å². The summed E-state index contributed by atoms with van der Waals surface area (Å²) in [6.07, 6.45) is 3.98. The Hall–Kier alpha value is -0.910. The number of likely N-dealkylation sites (tertiary alicyclic amines) is 1. The predicted molar refractivity (Wildman–Crippen MR) is 81.5 cm³/mol. The predicted octanol–water partition coefficient (Wildman–Crippen LogP) is 0.313. The molecule has 1 amide bonds. The molecule has 5 nitrogen and oxygen atoms in total. The van der Waals surface area contributed by atoms with Gasteiger partial charge in [0, 0.05) is 19.6 Å². The van der Waals surface area contributed by atoms with E-state index in [9.17, 15) is 4.79 Å². The number of aliphatic hydroxyl groups is 1. The van der Waals surface area contributed by atoms with Crippen LogP contribution in [-0.2, 0) is 4.79 Å². The minimum atomic E-state index is -0.106. The average molecular weight is 283 g/mol. The largest absolute Gasteiger partial charge is 0.395 e. The van der Waals surface area contributed by atoms with Crippen molar-refractivity contribution in [3.63, 3.8) is 0 Å². The fourth-order valence-corrected chi connectivity index (χ4v) is 2.62. The summed E-state index contributed by atoms with van der Waals surface area (Å²) >= 11 is 0. The third-order valence-electron chi connectivity index (χ3n) is 4.13. The van der Waals surface area contributed by atoms with Crippen LogP contribution in [0.3, 0.4) is 0 Å². The van der Waals surface area contributed by atoms with Gasteiger partial charge < -0.3 is 15.3 Å². The van der Waals surface area contributed by atoms with Crippen molar-refractivity contribution in [3.8, 4) is 0 Å². The maximum Gasteiger partial charge on any atom is 0.237 e. The van der Waals surface area contributed by atoms with E-state index >= 15 is 0 Å². The number of β-amino-alcohol motifs (C(OH)–C–C–N with tert-alkyl or cyclic N) is 1. The van der Waals surface area contributed by atoms with E-state index < -0.39 is 0 Å². The Morgan fingerprint density at radius 3 is 2.75 bits per heavy atom. The third-order valence-corrected chi connectivity index (χ3v) is 4.13. The Morgan fingerprint density at radius 2 is 2.20 bits per heavy atom. The Labute approximate surface area is 122 Å². The highest BCUT2D eigenvalue weighted by Gasteiger charge is 2.23. The smallest absolute Gasteiger partial charge is 0.237 e. The monoisotopic (exact) mass is 283 g/mol. The topological polar surface area (TPSA) is 55.8 Å². The molecule has 0 aromatic rings. The number of carbonyl (C=O) groups is 1. The highest BCUT2D eigenvalue weighted by molar-refractivity contribution is 5.81. The van der Waals surface area contributed by atoms with E-state index in [1.807, 2.05) is 14.0 Å². The molecule has 5 heteroatoms. The molecule has 2 N–H and O–H groups in total. The van der Waals surface area contributed by atoms with Crippen LogP contribution in [0.2, 0.25) is 0 Å². The molecule has 20 heavy (non-hydrogen) atoms. The van der Waals surface area contributed by atoms with Crippen LogP contribution in [0.25, 0.3) is 0 Å². The molecule has 1 atom stereocenters. The number of carbonyl (C=O) groups excluding carboxylic acids is 1. The maximum atomic E-state index is 11.9. The van der Waals surface area contributed by atoms with Crippen molar-refractivity contribution in [3.05, 3.63) is 12.7 Å². The van der Waals surface area contributed by atoms with Crippen molar-refractivity contribution >= 4 is 5.91 Å². The van der Waals surface area contributed by atoms with E-state index in [-0.39, 0.29) is 18.6 Å². The molecule has 0 spiro atoms. The lowest BCUT2D eigenvalue weighted by atomic mass is 9.96. The second-order valence-corrected chi connectivity index (χ2v) is 5.66. The van der Waals surface area contributed by atoms with E-state index in [4.69, 9.17) is 5.11 Å². The van der Waals surface area contributed by atoms with Crippen LogP contribution >= 0.6 is 0 Å². The number of nitrogens with zero attached hydrogens (tertiary/aromatic N) is 2. The van der Waals surface area contributed by atoms with Gasteiger partial charge in [-0.2, -0.15) is 0 Å². The van der Waals surface area contributed by atoms with E-state index in [0.717, 1.165) is 39.0 Å². The van der Waals surface area contributed by atoms with Gasteiger partial charge in [0.1, 0.15) is 0 Å². The first-order valence-corrected chi connectivity index (χ1v) is 7.50. The summed E-state index contributed by atoms with van der Waals surface area (Å²) in [6, 6.07) is -0.106. The molecule has 1 rings (SSSR count). The fourth-order valence-electron chi connectivity index (χ4n) is 2.62. The van der Waals surface area contributed by atoms with Crippen molar-refractivity contribution in [1.29, 1.82) is 0 Å². The fraction of sp³-hybridized carbons (Fsp3) is 0.800. The average Bonchev–Trinajstić information content (AvgIpc) is 2.46. The minimum absolute atomic E-state index is 0.0603. The summed E-state index contributed by atoms with van der Waals surface area (Å²) in [7, 11) is 2.01. The van der Waals surface area contributed by atoms with Crippen molar-refractivity contribution in [1.82, 2.24) is 15.1 Å². The number of likely N-dealkylation sites (N-methyl/N-ethyl adjacent to an activating group) is 1. The zero-order valence-corrected chi connectivity index (χ0v) is 12.8. The number of rotatable bonds is 8. The number of nitrogens with one attached hydrogen (secondary N) is 1. The summed E-state index contributed by atoms with van der Waals surface area (Å²) in [6.45, 7) is 10.1. The number of hydrogen-bond donors (Lipinski definition) is 2. The molecule has 0 saturated carbocycles. The number of hydrogen-bond acceptors (Lipinski definition) is 4. The van der Waals surface area contributed by atoms with Gasteiger partial charge >= 0.3 is 0 Å². The van der Waals surface area contributed by atoms with Gasteiger partial charge in [0.15, 0.2) is 0 Å². The first-order valence-electron chi connectivity index (χ1n) is 7.50.